The predicted octanol–water partition coefficient (Wildman–Crippen LogP) is 1.51. The van der Waals surface area contributed by atoms with Gasteiger partial charge in [-0.3, -0.25) is 15.0 Å². The van der Waals surface area contributed by atoms with Crippen LogP contribution in [0.4, 0.5) is 0 Å². The number of nitrogens with zero attached hydrogens (tertiary/aromatic N) is 4. The summed E-state index contributed by atoms with van der Waals surface area (Å²) in [5, 5.41) is 4.55. The molecule has 3 aromatic rings. The third-order valence-corrected chi connectivity index (χ3v) is 3.78. The van der Waals surface area contributed by atoms with E-state index in [9.17, 15) is 9.59 Å². The Labute approximate surface area is 155 Å². The Morgan fingerprint density at radius 3 is 2.70 bits per heavy atom. The van der Waals surface area contributed by atoms with Gasteiger partial charge in [0.05, 0.1) is 18.8 Å². The molecule has 0 spiro atoms. The third kappa shape index (κ3) is 3.91. The van der Waals surface area contributed by atoms with Crippen LogP contribution in [0.5, 0.6) is 11.5 Å². The van der Waals surface area contributed by atoms with Crippen molar-refractivity contribution < 1.29 is 14.3 Å². The number of hydrogen-bond acceptors (Lipinski definition) is 6. The zero-order valence-corrected chi connectivity index (χ0v) is 15.6. The Kier molecular flexibility index (Phi) is 4.85. The molecule has 0 aliphatic carbocycles. The van der Waals surface area contributed by atoms with Crippen molar-refractivity contribution in [1.29, 1.82) is 0 Å². The Bertz CT molecular complexity index is 1030. The molecule has 2 heterocycles. The van der Waals surface area contributed by atoms with Gasteiger partial charge in [-0.1, -0.05) is 6.07 Å². The van der Waals surface area contributed by atoms with Crippen molar-refractivity contribution in [2.24, 2.45) is 0 Å². The lowest BCUT2D eigenvalue weighted by Gasteiger charge is -2.19. The van der Waals surface area contributed by atoms with E-state index < -0.39 is 11.5 Å². The molecule has 1 N–H and O–H groups in total. The monoisotopic (exact) mass is 371 g/mol. The highest BCUT2D eigenvalue weighted by Crippen LogP contribution is 2.19. The molecule has 3 rings (SSSR count). The second-order valence-electron chi connectivity index (χ2n) is 6.89. The number of fused-ring (bicyclic) bond motifs is 1. The summed E-state index contributed by atoms with van der Waals surface area (Å²) < 4.78 is 13.2. The minimum Gasteiger partial charge on any atom is -0.497 e. The summed E-state index contributed by atoms with van der Waals surface area (Å²) in [6.45, 7) is 5.62. The zero-order chi connectivity index (χ0) is 19.6. The second kappa shape index (κ2) is 7.10. The van der Waals surface area contributed by atoms with Crippen molar-refractivity contribution in [2.75, 3.05) is 19.1 Å². The molecule has 1 amide bonds. The maximum Gasteiger partial charge on any atom is 0.283 e. The number of carbonyl (C=O) groups is 1. The van der Waals surface area contributed by atoms with Gasteiger partial charge < -0.3 is 9.47 Å². The SMILES string of the molecule is COc1cccc(OCC(=O)Nn2cnc3c(cnn3C(C)(C)C)c2=O)c1. The van der Waals surface area contributed by atoms with E-state index in [1.165, 1.54) is 12.5 Å². The maximum atomic E-state index is 12.6. The first-order valence-electron chi connectivity index (χ1n) is 8.32. The van der Waals surface area contributed by atoms with Crippen LogP contribution in [0.3, 0.4) is 0 Å². The van der Waals surface area contributed by atoms with Gasteiger partial charge in [0.1, 0.15) is 23.2 Å². The van der Waals surface area contributed by atoms with Gasteiger partial charge in [0.15, 0.2) is 12.3 Å². The maximum absolute atomic E-state index is 12.6. The number of amides is 1. The standard InChI is InChI=1S/C18H21N5O4/c1-18(2,3)23-16-14(9-20-23)17(25)22(11-19-16)21-15(24)10-27-13-7-5-6-12(8-13)26-4/h5-9,11H,10H2,1-4H3,(H,21,24). The highest BCUT2D eigenvalue weighted by molar-refractivity contribution is 5.85. The number of benzene rings is 1. The molecular formula is C18H21N5O4. The molecule has 0 saturated heterocycles. The molecule has 0 bridgehead atoms. The van der Waals surface area contributed by atoms with E-state index >= 15 is 0 Å². The fourth-order valence-corrected chi connectivity index (χ4v) is 2.49. The van der Waals surface area contributed by atoms with E-state index in [1.54, 1.807) is 36.1 Å². The summed E-state index contributed by atoms with van der Waals surface area (Å²) >= 11 is 0. The van der Waals surface area contributed by atoms with Gasteiger partial charge in [-0.15, -0.1) is 0 Å². The van der Waals surface area contributed by atoms with Crippen LogP contribution in [-0.4, -0.2) is 39.1 Å². The Hall–Kier alpha value is -3.36. The van der Waals surface area contributed by atoms with Gasteiger partial charge in [0, 0.05) is 6.07 Å². The molecule has 0 unspecified atom stereocenters. The van der Waals surface area contributed by atoms with Gasteiger partial charge in [-0.05, 0) is 32.9 Å². The molecule has 0 aliphatic rings. The number of carbonyl (C=O) groups excluding carboxylic acids is 1. The minimum atomic E-state index is -0.496. The van der Waals surface area contributed by atoms with Crippen LogP contribution < -0.4 is 20.5 Å². The van der Waals surface area contributed by atoms with E-state index in [0.29, 0.717) is 22.5 Å². The van der Waals surface area contributed by atoms with Gasteiger partial charge in [-0.25, -0.2) is 14.3 Å². The van der Waals surface area contributed by atoms with Gasteiger partial charge in [-0.2, -0.15) is 5.10 Å². The van der Waals surface area contributed by atoms with E-state index in [0.717, 1.165) is 4.68 Å². The van der Waals surface area contributed by atoms with Gasteiger partial charge in [0.25, 0.3) is 11.5 Å². The topological polar surface area (TPSA) is 100 Å². The summed E-state index contributed by atoms with van der Waals surface area (Å²) in [7, 11) is 1.54. The highest BCUT2D eigenvalue weighted by Gasteiger charge is 2.20. The van der Waals surface area contributed by atoms with Gasteiger partial charge in [0.2, 0.25) is 0 Å². The lowest BCUT2D eigenvalue weighted by molar-refractivity contribution is -0.119. The average Bonchev–Trinajstić information content (AvgIpc) is 3.08. The lowest BCUT2D eigenvalue weighted by atomic mass is 10.1. The number of hydrogen-bond donors (Lipinski definition) is 1. The largest absolute Gasteiger partial charge is 0.497 e. The summed E-state index contributed by atoms with van der Waals surface area (Å²) in [5.41, 5.74) is 2.19. The Morgan fingerprint density at radius 1 is 1.26 bits per heavy atom. The van der Waals surface area contributed by atoms with Crippen LogP contribution in [-0.2, 0) is 10.3 Å². The van der Waals surface area contributed by atoms with Crippen LogP contribution in [0.15, 0.2) is 41.6 Å². The average molecular weight is 371 g/mol. The molecule has 0 fully saturated rings. The van der Waals surface area contributed by atoms with E-state index in [4.69, 9.17) is 9.47 Å². The number of rotatable bonds is 5. The van der Waals surface area contributed by atoms with Crippen molar-refractivity contribution in [3.63, 3.8) is 0 Å². The molecule has 0 aliphatic heterocycles. The number of ether oxygens (including phenoxy) is 2. The molecule has 142 valence electrons. The smallest absolute Gasteiger partial charge is 0.283 e. The molecular weight excluding hydrogens is 350 g/mol. The molecule has 0 saturated carbocycles. The highest BCUT2D eigenvalue weighted by atomic mass is 16.5. The van der Waals surface area contributed by atoms with Crippen LogP contribution >= 0.6 is 0 Å². The fraction of sp³-hybridized carbons (Fsp3) is 0.333. The fourth-order valence-electron chi connectivity index (χ4n) is 2.49. The van der Waals surface area contributed by atoms with Crippen LogP contribution in [0.1, 0.15) is 20.8 Å². The normalized spacial score (nSPS) is 11.4. The number of nitrogens with one attached hydrogen (secondary N) is 1. The number of methoxy groups -OCH3 is 1. The summed E-state index contributed by atoms with van der Waals surface area (Å²) in [6.07, 6.45) is 2.71. The Balaban J connectivity index is 1.73. The van der Waals surface area contributed by atoms with Crippen molar-refractivity contribution >= 4 is 16.9 Å². The zero-order valence-electron chi connectivity index (χ0n) is 15.6. The summed E-state index contributed by atoms with van der Waals surface area (Å²) in [4.78, 5) is 28.9. The quantitative estimate of drug-likeness (QED) is 0.730. The summed E-state index contributed by atoms with van der Waals surface area (Å²) in [5.74, 6) is 0.607. The third-order valence-electron chi connectivity index (χ3n) is 3.78. The molecule has 2 aromatic heterocycles. The number of aromatic nitrogens is 4. The van der Waals surface area contributed by atoms with E-state index in [-0.39, 0.29) is 12.1 Å². The van der Waals surface area contributed by atoms with Gasteiger partial charge >= 0.3 is 0 Å². The molecule has 9 nitrogen and oxygen atoms in total. The van der Waals surface area contributed by atoms with Crippen molar-refractivity contribution in [3.8, 4) is 11.5 Å². The van der Waals surface area contributed by atoms with Crippen LogP contribution in [0, 0.1) is 0 Å². The van der Waals surface area contributed by atoms with Crippen molar-refractivity contribution in [3.05, 3.63) is 47.1 Å². The molecule has 27 heavy (non-hydrogen) atoms. The second-order valence-corrected chi connectivity index (χ2v) is 6.89. The Morgan fingerprint density at radius 2 is 2.00 bits per heavy atom. The molecule has 1 aromatic carbocycles. The lowest BCUT2D eigenvalue weighted by Crippen LogP contribution is -2.36. The first-order valence-corrected chi connectivity index (χ1v) is 8.32. The van der Waals surface area contributed by atoms with Crippen molar-refractivity contribution in [1.82, 2.24) is 19.4 Å². The first-order chi connectivity index (χ1) is 12.8. The van der Waals surface area contributed by atoms with Crippen LogP contribution in [0.2, 0.25) is 0 Å². The van der Waals surface area contributed by atoms with E-state index in [1.807, 2.05) is 20.8 Å². The predicted molar refractivity (Wildman–Crippen MR) is 99.6 cm³/mol. The summed E-state index contributed by atoms with van der Waals surface area (Å²) in [6, 6.07) is 6.89. The molecule has 9 heteroatoms. The molecule has 0 atom stereocenters. The molecule has 0 radical (unpaired) electrons. The van der Waals surface area contributed by atoms with Crippen molar-refractivity contribution in [2.45, 2.75) is 26.3 Å². The minimum absolute atomic E-state index is 0.265. The first kappa shape index (κ1) is 18.4. The van der Waals surface area contributed by atoms with Crippen LogP contribution in [0.25, 0.3) is 11.0 Å². The van der Waals surface area contributed by atoms with E-state index in [2.05, 4.69) is 15.5 Å².